The van der Waals surface area contributed by atoms with Crippen LogP contribution < -0.4 is 0 Å². The molecule has 146 valence electrons. The summed E-state index contributed by atoms with van der Waals surface area (Å²) in [4.78, 5) is 16.5. The number of aliphatic carboxylic acids is 1. The van der Waals surface area contributed by atoms with E-state index in [2.05, 4.69) is 49.4 Å². The number of dihydropyridines is 1. The molecule has 0 radical (unpaired) electrons. The maximum Gasteiger partial charge on any atom is 0.307 e. The Hall–Kier alpha value is -3.14. The van der Waals surface area contributed by atoms with E-state index in [1.54, 1.807) is 0 Å². The number of rotatable bonds is 3. The predicted octanol–water partition coefficient (Wildman–Crippen LogP) is 4.78. The Labute approximate surface area is 169 Å². The summed E-state index contributed by atoms with van der Waals surface area (Å²) in [5.74, 6) is 0.273. The summed E-state index contributed by atoms with van der Waals surface area (Å²) in [6.07, 6.45) is 9.06. The van der Waals surface area contributed by atoms with Gasteiger partial charge in [0.05, 0.1) is 25.0 Å². The van der Waals surface area contributed by atoms with Gasteiger partial charge in [0.1, 0.15) is 5.76 Å². The van der Waals surface area contributed by atoms with E-state index in [1.807, 2.05) is 13.1 Å². The molecule has 1 fully saturated rings. The van der Waals surface area contributed by atoms with Gasteiger partial charge in [-0.3, -0.25) is 9.79 Å². The molecule has 3 aliphatic rings. The number of aliphatic imine (C=N–C) groups is 1. The van der Waals surface area contributed by atoms with Crippen LogP contribution in [-0.2, 0) is 16.0 Å². The van der Waals surface area contributed by atoms with Gasteiger partial charge in [0.15, 0.2) is 0 Å². The van der Waals surface area contributed by atoms with Gasteiger partial charge < -0.3 is 9.84 Å². The zero-order valence-corrected chi connectivity index (χ0v) is 16.6. The van der Waals surface area contributed by atoms with E-state index in [-0.39, 0.29) is 18.4 Å². The average Bonchev–Trinajstić information content (AvgIpc) is 2.69. The third kappa shape index (κ3) is 2.91. The zero-order chi connectivity index (χ0) is 20.1. The van der Waals surface area contributed by atoms with Crippen LogP contribution in [0.15, 0.2) is 58.8 Å². The third-order valence-electron chi connectivity index (χ3n) is 6.21. The fourth-order valence-electron chi connectivity index (χ4n) is 4.91. The van der Waals surface area contributed by atoms with Crippen molar-refractivity contribution in [3.05, 3.63) is 76.1 Å². The van der Waals surface area contributed by atoms with Crippen LogP contribution in [0.5, 0.6) is 0 Å². The molecule has 4 nitrogen and oxygen atoms in total. The summed E-state index contributed by atoms with van der Waals surface area (Å²) in [6, 6.07) is 8.41. The number of ether oxygens (including phenoxy) is 1. The van der Waals surface area contributed by atoms with Crippen molar-refractivity contribution < 1.29 is 14.6 Å². The first-order valence-electron chi connectivity index (χ1n) is 10.0. The lowest BCUT2D eigenvalue weighted by atomic mass is 9.74. The van der Waals surface area contributed by atoms with Crippen LogP contribution in [0.1, 0.15) is 28.7 Å². The van der Waals surface area contributed by atoms with Gasteiger partial charge in [-0.25, -0.2) is 0 Å². The molecule has 0 spiro atoms. The summed E-state index contributed by atoms with van der Waals surface area (Å²) >= 11 is 0. The molecule has 2 unspecified atom stereocenters. The van der Waals surface area contributed by atoms with Crippen LogP contribution >= 0.6 is 0 Å². The lowest BCUT2D eigenvalue weighted by molar-refractivity contribution is -0.136. The standard InChI is InChI=1S/C25H23NO3/c1-14-3-4-18-17(11-14)12-15(2)20(13-22(27)28)24(18)19-5-6-21-23-16(8-10-29-21)7-9-26-25(19)23/h3-7,9,11-12,23,25H,8,10,13H2,1-2H3,(H,27,28). The van der Waals surface area contributed by atoms with Crippen molar-refractivity contribution in [2.45, 2.75) is 32.7 Å². The molecule has 29 heavy (non-hydrogen) atoms. The van der Waals surface area contributed by atoms with Crippen LogP contribution in [0, 0.1) is 19.8 Å². The Morgan fingerprint density at radius 1 is 1.21 bits per heavy atom. The van der Waals surface area contributed by atoms with Crippen molar-refractivity contribution in [3.63, 3.8) is 0 Å². The monoisotopic (exact) mass is 385 g/mol. The molecule has 1 aliphatic carbocycles. The molecule has 0 saturated carbocycles. The number of carbonyl (C=O) groups is 1. The van der Waals surface area contributed by atoms with Crippen molar-refractivity contribution in [2.24, 2.45) is 10.9 Å². The second-order valence-electron chi connectivity index (χ2n) is 8.09. The number of aryl methyl sites for hydroxylation is 2. The Morgan fingerprint density at radius 3 is 2.90 bits per heavy atom. The number of fused-ring (bicyclic) bond motifs is 1. The second kappa shape index (κ2) is 6.73. The van der Waals surface area contributed by atoms with Crippen molar-refractivity contribution in [1.29, 1.82) is 0 Å². The van der Waals surface area contributed by atoms with E-state index in [0.29, 0.717) is 6.61 Å². The van der Waals surface area contributed by atoms with Crippen molar-refractivity contribution in [3.8, 4) is 0 Å². The summed E-state index contributed by atoms with van der Waals surface area (Å²) in [6.45, 7) is 4.79. The van der Waals surface area contributed by atoms with Crippen LogP contribution in [0.4, 0.5) is 0 Å². The third-order valence-corrected chi connectivity index (χ3v) is 6.21. The van der Waals surface area contributed by atoms with E-state index in [1.165, 1.54) is 11.1 Å². The highest BCUT2D eigenvalue weighted by molar-refractivity contribution is 5.99. The van der Waals surface area contributed by atoms with Crippen molar-refractivity contribution >= 4 is 28.5 Å². The zero-order valence-electron chi connectivity index (χ0n) is 16.6. The highest BCUT2D eigenvalue weighted by Gasteiger charge is 2.39. The SMILES string of the molecule is Cc1ccc2c(C3=CC=C4OCCC5=CC=NC3C54)c(CC(=O)O)c(C)cc2c1. The number of nitrogens with zero attached hydrogens (tertiary/aromatic N) is 1. The molecular weight excluding hydrogens is 362 g/mol. The molecule has 4 heteroatoms. The fraction of sp³-hybridized carbons (Fsp3) is 0.280. The average molecular weight is 385 g/mol. The Balaban J connectivity index is 1.78. The van der Waals surface area contributed by atoms with Crippen LogP contribution in [0.3, 0.4) is 0 Å². The van der Waals surface area contributed by atoms with E-state index < -0.39 is 5.97 Å². The lowest BCUT2D eigenvalue weighted by Gasteiger charge is -2.38. The molecule has 0 bridgehead atoms. The summed E-state index contributed by atoms with van der Waals surface area (Å²) < 4.78 is 5.93. The molecule has 2 aliphatic heterocycles. The topological polar surface area (TPSA) is 58.9 Å². The van der Waals surface area contributed by atoms with Gasteiger partial charge in [0.2, 0.25) is 0 Å². The number of allylic oxidation sites excluding steroid dienone is 3. The first-order valence-corrected chi connectivity index (χ1v) is 10.0. The fourth-order valence-corrected chi connectivity index (χ4v) is 4.91. The summed E-state index contributed by atoms with van der Waals surface area (Å²) in [5, 5.41) is 11.8. The van der Waals surface area contributed by atoms with Gasteiger partial charge in [-0.05, 0) is 59.0 Å². The minimum Gasteiger partial charge on any atom is -0.497 e. The highest BCUT2D eigenvalue weighted by atomic mass is 16.5. The van der Waals surface area contributed by atoms with Crippen molar-refractivity contribution in [2.75, 3.05) is 6.61 Å². The minimum atomic E-state index is -0.817. The van der Waals surface area contributed by atoms with E-state index in [0.717, 1.165) is 45.2 Å². The molecule has 2 aromatic carbocycles. The maximum atomic E-state index is 11.7. The molecule has 2 heterocycles. The number of carboxylic acids is 1. The molecule has 1 saturated heterocycles. The Morgan fingerprint density at radius 2 is 2.07 bits per heavy atom. The first-order chi connectivity index (χ1) is 14.0. The normalized spacial score (nSPS) is 22.3. The number of carboxylic acid groups (broad SMARTS) is 1. The Bertz CT molecular complexity index is 1170. The van der Waals surface area contributed by atoms with E-state index in [9.17, 15) is 9.90 Å². The highest BCUT2D eigenvalue weighted by Crippen LogP contribution is 2.45. The number of hydrogen-bond acceptors (Lipinski definition) is 3. The van der Waals surface area contributed by atoms with Crippen LogP contribution in [0.2, 0.25) is 0 Å². The molecule has 0 aromatic heterocycles. The van der Waals surface area contributed by atoms with E-state index in [4.69, 9.17) is 9.73 Å². The van der Waals surface area contributed by atoms with Gasteiger partial charge >= 0.3 is 5.97 Å². The lowest BCUT2D eigenvalue weighted by Crippen LogP contribution is -2.33. The molecule has 0 amide bonds. The first kappa shape index (κ1) is 17.9. The summed E-state index contributed by atoms with van der Waals surface area (Å²) in [5.41, 5.74) is 6.52. The van der Waals surface area contributed by atoms with Gasteiger partial charge in [-0.2, -0.15) is 0 Å². The van der Waals surface area contributed by atoms with Crippen molar-refractivity contribution in [1.82, 2.24) is 0 Å². The van der Waals surface area contributed by atoms with E-state index >= 15 is 0 Å². The number of benzene rings is 2. The smallest absolute Gasteiger partial charge is 0.307 e. The summed E-state index contributed by atoms with van der Waals surface area (Å²) in [7, 11) is 0. The quantitative estimate of drug-likeness (QED) is 0.827. The largest absolute Gasteiger partial charge is 0.497 e. The molecule has 5 rings (SSSR count). The molecule has 1 N–H and O–H groups in total. The van der Waals surface area contributed by atoms with Gasteiger partial charge in [-0.1, -0.05) is 41.5 Å². The molecule has 2 aromatic rings. The van der Waals surface area contributed by atoms with Crippen LogP contribution in [-0.4, -0.2) is 29.9 Å². The second-order valence-corrected chi connectivity index (χ2v) is 8.09. The molecular formula is C25H23NO3. The maximum absolute atomic E-state index is 11.7. The predicted molar refractivity (Wildman–Crippen MR) is 115 cm³/mol. The Kier molecular flexibility index (Phi) is 4.16. The van der Waals surface area contributed by atoms with Gasteiger partial charge in [-0.15, -0.1) is 0 Å². The van der Waals surface area contributed by atoms with Crippen LogP contribution in [0.25, 0.3) is 16.3 Å². The van der Waals surface area contributed by atoms with Gasteiger partial charge in [0, 0.05) is 12.6 Å². The number of hydrogen-bond donors (Lipinski definition) is 1. The minimum absolute atomic E-state index is 0.000802. The van der Waals surface area contributed by atoms with Gasteiger partial charge in [0.25, 0.3) is 0 Å². The molecule has 2 atom stereocenters.